The minimum absolute atomic E-state index is 0.0515. The lowest BCUT2D eigenvalue weighted by Crippen LogP contribution is -2.41. The zero-order valence-electron chi connectivity index (χ0n) is 15.4. The van der Waals surface area contributed by atoms with Gasteiger partial charge in [-0.05, 0) is 30.2 Å². The molecule has 2 aliphatic heterocycles. The largest absolute Gasteiger partial charge is 0.486 e. The second-order valence-corrected chi connectivity index (χ2v) is 8.61. The molecule has 4 rings (SSSR count). The molecule has 0 radical (unpaired) electrons. The summed E-state index contributed by atoms with van der Waals surface area (Å²) in [5.74, 6) is -0.343. The van der Waals surface area contributed by atoms with Crippen LogP contribution in [0.4, 0.5) is 5.69 Å². The number of amides is 2. The van der Waals surface area contributed by atoms with Gasteiger partial charge in [0.1, 0.15) is 11.6 Å². The molecule has 1 unspecified atom stereocenters. The summed E-state index contributed by atoms with van der Waals surface area (Å²) in [7, 11) is 1.57. The van der Waals surface area contributed by atoms with Crippen LogP contribution in [0.3, 0.4) is 0 Å². The molecule has 2 aromatic rings. The second kappa shape index (κ2) is 7.35. The number of aliphatic hydroxyl groups is 1. The summed E-state index contributed by atoms with van der Waals surface area (Å²) < 4.78 is 5.15. The van der Waals surface area contributed by atoms with E-state index in [9.17, 15) is 14.7 Å². The number of methoxy groups -OCH3 is 1. The molecule has 1 spiro atoms. The summed E-state index contributed by atoms with van der Waals surface area (Å²) >= 11 is 7.59. The van der Waals surface area contributed by atoms with Crippen molar-refractivity contribution in [2.45, 2.75) is 18.3 Å². The topological polar surface area (TPSA) is 83.0 Å². The molecule has 1 saturated heterocycles. The molecule has 148 valence electrons. The monoisotopic (exact) mass is 421 g/mol. The highest BCUT2D eigenvalue weighted by molar-refractivity contribution is 7.13. The van der Waals surface area contributed by atoms with Gasteiger partial charge in [-0.1, -0.05) is 22.9 Å². The van der Waals surface area contributed by atoms with Gasteiger partial charge in [-0.3, -0.25) is 9.59 Å². The Morgan fingerprint density at radius 1 is 1.36 bits per heavy atom. The Labute approximate surface area is 171 Å². The molecule has 1 atom stereocenters. The Kier molecular flexibility index (Phi) is 5.03. The molecule has 1 aromatic carbocycles. The molecule has 2 amide bonds. The highest BCUT2D eigenvalue weighted by atomic mass is 35.5. The fraction of sp³-hybridized carbons (Fsp3) is 0.421. The van der Waals surface area contributed by atoms with Crippen LogP contribution in [0.2, 0.25) is 5.02 Å². The number of aromatic nitrogens is 1. The van der Waals surface area contributed by atoms with Crippen molar-refractivity contribution in [2.24, 2.45) is 0 Å². The van der Waals surface area contributed by atoms with E-state index >= 15 is 0 Å². The predicted octanol–water partition coefficient (Wildman–Crippen LogP) is 1.86. The minimum atomic E-state index is -0.507. The van der Waals surface area contributed by atoms with Crippen LogP contribution in [0.15, 0.2) is 24.4 Å². The average Bonchev–Trinajstić information content (AvgIpc) is 3.40. The number of likely N-dealkylation sites (tertiary alicyclic amines) is 1. The van der Waals surface area contributed by atoms with Gasteiger partial charge >= 0.3 is 0 Å². The zero-order chi connectivity index (χ0) is 19.9. The summed E-state index contributed by atoms with van der Waals surface area (Å²) in [5.41, 5.74) is 1.45. The highest BCUT2D eigenvalue weighted by Gasteiger charge is 2.49. The van der Waals surface area contributed by atoms with E-state index < -0.39 is 6.61 Å². The summed E-state index contributed by atoms with van der Waals surface area (Å²) in [4.78, 5) is 32.7. The quantitative estimate of drug-likeness (QED) is 0.814. The second-order valence-electron chi connectivity index (χ2n) is 7.10. The summed E-state index contributed by atoms with van der Waals surface area (Å²) in [5, 5.41) is 11.2. The van der Waals surface area contributed by atoms with E-state index in [1.165, 1.54) is 11.3 Å². The molecule has 0 bridgehead atoms. The van der Waals surface area contributed by atoms with Crippen LogP contribution in [0.25, 0.3) is 0 Å². The van der Waals surface area contributed by atoms with Crippen LogP contribution in [-0.4, -0.2) is 60.2 Å². The standard InChI is InChI=1S/C19H20ClN3O4S/c1-27-18-8-21-15(28-18)7-16(25)23-11-19(4-5-22(10-19)17(26)9-24)13-6-12(20)2-3-14(13)23/h2-3,6,8,24H,4-5,7,9-11H2,1H3. The Bertz CT molecular complexity index is 934. The normalized spacial score (nSPS) is 20.7. The minimum Gasteiger partial charge on any atom is -0.486 e. The number of carbonyl (C=O) groups is 2. The first-order chi connectivity index (χ1) is 13.5. The van der Waals surface area contributed by atoms with Gasteiger partial charge in [0, 0.05) is 35.8 Å². The predicted molar refractivity (Wildman–Crippen MR) is 106 cm³/mol. The molecular weight excluding hydrogens is 402 g/mol. The van der Waals surface area contributed by atoms with Crippen LogP contribution >= 0.6 is 22.9 Å². The smallest absolute Gasteiger partial charge is 0.248 e. The first kappa shape index (κ1) is 19.2. The van der Waals surface area contributed by atoms with Crippen molar-refractivity contribution in [3.63, 3.8) is 0 Å². The van der Waals surface area contributed by atoms with Crippen LogP contribution in [0.5, 0.6) is 5.06 Å². The fourth-order valence-electron chi connectivity index (χ4n) is 4.09. The number of hydrogen-bond acceptors (Lipinski definition) is 6. The molecule has 7 nitrogen and oxygen atoms in total. The van der Waals surface area contributed by atoms with E-state index in [0.29, 0.717) is 34.7 Å². The molecule has 9 heteroatoms. The maximum Gasteiger partial charge on any atom is 0.248 e. The maximum absolute atomic E-state index is 13.1. The Morgan fingerprint density at radius 2 is 2.18 bits per heavy atom. The molecule has 0 saturated carbocycles. The van der Waals surface area contributed by atoms with E-state index in [0.717, 1.165) is 17.7 Å². The maximum atomic E-state index is 13.1. The van der Waals surface area contributed by atoms with Gasteiger partial charge < -0.3 is 19.6 Å². The van der Waals surface area contributed by atoms with Gasteiger partial charge in [0.2, 0.25) is 11.8 Å². The lowest BCUT2D eigenvalue weighted by molar-refractivity contribution is -0.133. The number of thiazole rings is 1. The highest BCUT2D eigenvalue weighted by Crippen LogP contribution is 2.47. The van der Waals surface area contributed by atoms with Crippen molar-refractivity contribution in [3.05, 3.63) is 40.0 Å². The van der Waals surface area contributed by atoms with E-state index in [4.69, 9.17) is 16.3 Å². The first-order valence-electron chi connectivity index (χ1n) is 8.93. The summed E-state index contributed by atoms with van der Waals surface area (Å²) in [6.07, 6.45) is 2.52. The van der Waals surface area contributed by atoms with Crippen LogP contribution in [-0.2, 0) is 21.4 Å². The Hall–Kier alpha value is -2.16. The van der Waals surface area contributed by atoms with Gasteiger partial charge in [0.25, 0.3) is 0 Å². The number of nitrogens with zero attached hydrogens (tertiary/aromatic N) is 3. The lowest BCUT2D eigenvalue weighted by Gasteiger charge is -2.25. The van der Waals surface area contributed by atoms with E-state index in [2.05, 4.69) is 4.98 Å². The van der Waals surface area contributed by atoms with Gasteiger partial charge in [0.05, 0.1) is 19.7 Å². The number of aliphatic hydroxyl groups excluding tert-OH is 1. The third kappa shape index (κ3) is 3.25. The van der Waals surface area contributed by atoms with Crippen molar-refractivity contribution in [2.75, 3.05) is 38.3 Å². The first-order valence-corrected chi connectivity index (χ1v) is 10.1. The molecular formula is C19H20ClN3O4S. The number of halogens is 1. The number of anilines is 1. The van der Waals surface area contributed by atoms with E-state index in [1.807, 2.05) is 12.1 Å². The van der Waals surface area contributed by atoms with Crippen molar-refractivity contribution >= 4 is 40.4 Å². The molecule has 1 aromatic heterocycles. The molecule has 3 heterocycles. The van der Waals surface area contributed by atoms with Gasteiger partial charge in [-0.2, -0.15) is 0 Å². The zero-order valence-corrected chi connectivity index (χ0v) is 16.9. The van der Waals surface area contributed by atoms with Crippen LogP contribution in [0, 0.1) is 0 Å². The fourth-order valence-corrected chi connectivity index (χ4v) is 4.99. The average molecular weight is 422 g/mol. The third-order valence-electron chi connectivity index (χ3n) is 5.46. The Balaban J connectivity index is 1.62. The van der Waals surface area contributed by atoms with Crippen molar-refractivity contribution in [1.82, 2.24) is 9.88 Å². The molecule has 28 heavy (non-hydrogen) atoms. The van der Waals surface area contributed by atoms with Gasteiger partial charge in [0.15, 0.2) is 5.06 Å². The molecule has 0 aliphatic carbocycles. The molecule has 1 fully saturated rings. The van der Waals surface area contributed by atoms with Gasteiger partial charge in [-0.15, -0.1) is 0 Å². The van der Waals surface area contributed by atoms with E-state index in [1.54, 1.807) is 29.2 Å². The number of rotatable bonds is 4. The lowest BCUT2D eigenvalue weighted by atomic mass is 9.81. The van der Waals surface area contributed by atoms with E-state index in [-0.39, 0.29) is 23.7 Å². The number of hydrogen-bond donors (Lipinski definition) is 1. The number of benzene rings is 1. The molecule has 2 aliphatic rings. The number of ether oxygens (including phenoxy) is 1. The number of carbonyl (C=O) groups excluding carboxylic acids is 2. The summed E-state index contributed by atoms with van der Waals surface area (Å²) in [6.45, 7) is 0.998. The van der Waals surface area contributed by atoms with Crippen LogP contribution in [0.1, 0.15) is 17.0 Å². The van der Waals surface area contributed by atoms with Crippen molar-refractivity contribution in [1.29, 1.82) is 0 Å². The van der Waals surface area contributed by atoms with Crippen LogP contribution < -0.4 is 9.64 Å². The summed E-state index contributed by atoms with van der Waals surface area (Å²) in [6, 6.07) is 5.53. The van der Waals surface area contributed by atoms with Crippen molar-refractivity contribution in [3.8, 4) is 5.06 Å². The number of fused-ring (bicyclic) bond motifs is 2. The Morgan fingerprint density at radius 3 is 2.89 bits per heavy atom. The van der Waals surface area contributed by atoms with Crippen molar-refractivity contribution < 1.29 is 19.4 Å². The third-order valence-corrected chi connectivity index (χ3v) is 6.65. The van der Waals surface area contributed by atoms with Gasteiger partial charge in [-0.25, -0.2) is 4.98 Å². The SMILES string of the molecule is COc1cnc(CC(=O)N2CC3(CCN(C(=O)CO)C3)c3cc(Cl)ccc32)s1. The molecule has 1 N–H and O–H groups in total.